The second-order valence-electron chi connectivity index (χ2n) is 27.7. The van der Waals surface area contributed by atoms with Crippen LogP contribution in [0.2, 0.25) is 0 Å². The van der Waals surface area contributed by atoms with Crippen molar-refractivity contribution in [3.63, 3.8) is 0 Å². The Balaban J connectivity index is 4.10. The standard InChI is InChI=1S/C86H149NO8/c1-6-8-10-12-14-16-18-20-22-24-26-28-30-32-34-36-38-39-40-41-42-43-44-45-47-49-51-53-55-57-59-61-63-65-67-69-71-73-75-77-84(89)95-82(81-94-86(85(90)91)92-79-78-87(3,4)5)80-93-83(88)76-74-72-70-68-66-64-62-60-58-56-54-52-50-48-46-37-35-33-31-29-27-25-23-21-19-17-15-13-11-9-7-2/h8,10,14,16,20,22,26,28,32,34,38-39,41-42,44-45,49,51,55,57,82,86H,6-7,9,11-13,15,17-19,21,23-25,27,29-31,33,35-37,40,43,46-48,50,52-54,56,58-81H2,1-5H3/p+1/b10-8-,16-14-,22-20-,28-26-,34-32-,39-38-,42-41-,45-44-,51-49-,57-55-. The third-order valence-electron chi connectivity index (χ3n) is 17.2. The molecule has 0 aliphatic carbocycles. The summed E-state index contributed by atoms with van der Waals surface area (Å²) in [5.41, 5.74) is 0. The molecule has 95 heavy (non-hydrogen) atoms. The summed E-state index contributed by atoms with van der Waals surface area (Å²) in [4.78, 5) is 37.7. The molecular formula is C86H150NO8+. The number of nitrogens with zero attached hydrogens (tertiary/aromatic N) is 1. The van der Waals surface area contributed by atoms with Gasteiger partial charge in [-0.2, -0.15) is 0 Å². The van der Waals surface area contributed by atoms with Crippen LogP contribution in [0.3, 0.4) is 0 Å². The maximum atomic E-state index is 13.0. The molecule has 0 fully saturated rings. The molecule has 546 valence electrons. The molecule has 0 aliphatic rings. The van der Waals surface area contributed by atoms with Crippen LogP contribution in [0.15, 0.2) is 122 Å². The van der Waals surface area contributed by atoms with Gasteiger partial charge in [-0.1, -0.05) is 367 Å². The number of carbonyl (C=O) groups is 3. The van der Waals surface area contributed by atoms with Crippen molar-refractivity contribution in [1.29, 1.82) is 0 Å². The Hall–Kier alpha value is -4.31. The lowest BCUT2D eigenvalue weighted by atomic mass is 10.0. The predicted molar refractivity (Wildman–Crippen MR) is 410 cm³/mol. The van der Waals surface area contributed by atoms with Crippen LogP contribution in [0.4, 0.5) is 0 Å². The molecular weight excluding hydrogens is 1170 g/mol. The molecule has 0 aromatic carbocycles. The summed E-state index contributed by atoms with van der Waals surface area (Å²) in [7, 11) is 5.98. The van der Waals surface area contributed by atoms with Crippen molar-refractivity contribution in [2.75, 3.05) is 47.5 Å². The molecule has 2 atom stereocenters. The molecule has 2 unspecified atom stereocenters. The second kappa shape index (κ2) is 75.5. The van der Waals surface area contributed by atoms with Crippen molar-refractivity contribution in [3.05, 3.63) is 122 Å². The molecule has 0 aromatic rings. The number of rotatable bonds is 73. The zero-order valence-corrected chi connectivity index (χ0v) is 62.6. The van der Waals surface area contributed by atoms with Crippen LogP contribution in [0.5, 0.6) is 0 Å². The molecule has 0 heterocycles. The van der Waals surface area contributed by atoms with E-state index in [9.17, 15) is 19.5 Å². The third-order valence-corrected chi connectivity index (χ3v) is 17.2. The van der Waals surface area contributed by atoms with Gasteiger partial charge in [0.1, 0.15) is 13.2 Å². The van der Waals surface area contributed by atoms with E-state index in [4.69, 9.17) is 18.9 Å². The quantitative estimate of drug-likeness (QED) is 0.0211. The molecule has 0 spiro atoms. The lowest BCUT2D eigenvalue weighted by molar-refractivity contribution is -0.870. The normalized spacial score (nSPS) is 13.3. The molecule has 0 aliphatic heterocycles. The zero-order chi connectivity index (χ0) is 69.0. The summed E-state index contributed by atoms with van der Waals surface area (Å²) in [5.74, 6) is -2.01. The summed E-state index contributed by atoms with van der Waals surface area (Å²) in [6, 6.07) is 0. The number of carboxylic acid groups (broad SMARTS) is 1. The maximum absolute atomic E-state index is 13.0. The number of unbranched alkanes of at least 4 members (excludes halogenated alkanes) is 38. The van der Waals surface area contributed by atoms with Gasteiger partial charge in [0.05, 0.1) is 34.4 Å². The third kappa shape index (κ3) is 76.9. The van der Waals surface area contributed by atoms with E-state index in [2.05, 4.69) is 135 Å². The Labute approximate surface area is 587 Å². The summed E-state index contributed by atoms with van der Waals surface area (Å²) < 4.78 is 23.0. The number of hydrogen-bond acceptors (Lipinski definition) is 7. The van der Waals surface area contributed by atoms with E-state index in [-0.39, 0.29) is 32.2 Å². The minimum absolute atomic E-state index is 0.182. The second-order valence-corrected chi connectivity index (χ2v) is 27.7. The highest BCUT2D eigenvalue weighted by Crippen LogP contribution is 2.19. The number of hydrogen-bond donors (Lipinski definition) is 1. The van der Waals surface area contributed by atoms with Crippen molar-refractivity contribution in [2.24, 2.45) is 0 Å². The first-order chi connectivity index (χ1) is 46.6. The number of esters is 2. The zero-order valence-electron chi connectivity index (χ0n) is 62.6. The van der Waals surface area contributed by atoms with E-state index in [1.54, 1.807) is 0 Å². The van der Waals surface area contributed by atoms with E-state index < -0.39 is 24.3 Å². The summed E-state index contributed by atoms with van der Waals surface area (Å²) >= 11 is 0. The highest BCUT2D eigenvalue weighted by Gasteiger charge is 2.25. The van der Waals surface area contributed by atoms with Gasteiger partial charge < -0.3 is 28.5 Å². The SMILES string of the molecule is CC/C=C\C/C=C\C/C=C\C/C=C\C/C=C\C/C=C\C/C=C\C/C=C\C/C=C\C/C=C\CCCCCCCCCCC(=O)OC(COC(=O)CCCCCCCCCCCCCCCCCCCCCCCCCCCCCCCCC)COC(OCC[N+](C)(C)C)C(=O)O. The number of likely N-dealkylation sites (N-methyl/N-ethyl adjacent to an activating group) is 1. The molecule has 9 nitrogen and oxygen atoms in total. The highest BCUT2D eigenvalue weighted by atomic mass is 16.7. The molecule has 0 radical (unpaired) electrons. The monoisotopic (exact) mass is 1330 g/mol. The van der Waals surface area contributed by atoms with E-state index in [1.165, 1.54) is 205 Å². The van der Waals surface area contributed by atoms with Crippen molar-refractivity contribution in [3.8, 4) is 0 Å². The van der Waals surface area contributed by atoms with Crippen LogP contribution in [0.25, 0.3) is 0 Å². The van der Waals surface area contributed by atoms with Crippen molar-refractivity contribution in [2.45, 2.75) is 360 Å². The summed E-state index contributed by atoms with van der Waals surface area (Å²) in [6.45, 7) is 4.79. The minimum atomic E-state index is -1.52. The summed E-state index contributed by atoms with van der Waals surface area (Å²) in [6.07, 6.45) is 105. The smallest absolute Gasteiger partial charge is 0.361 e. The van der Waals surface area contributed by atoms with Gasteiger partial charge in [0, 0.05) is 12.8 Å². The first-order valence-corrected chi connectivity index (χ1v) is 39.7. The van der Waals surface area contributed by atoms with E-state index in [0.29, 0.717) is 23.9 Å². The van der Waals surface area contributed by atoms with E-state index in [0.717, 1.165) is 109 Å². The number of quaternary nitrogens is 1. The van der Waals surface area contributed by atoms with Crippen LogP contribution in [0.1, 0.15) is 348 Å². The molecule has 0 saturated heterocycles. The minimum Gasteiger partial charge on any atom is -0.477 e. The Morgan fingerprint density at radius 3 is 0.895 bits per heavy atom. The first kappa shape index (κ1) is 90.7. The molecule has 9 heteroatoms. The molecule has 1 N–H and O–H groups in total. The molecule has 0 rings (SSSR count). The largest absolute Gasteiger partial charge is 0.477 e. The van der Waals surface area contributed by atoms with Crippen molar-refractivity contribution < 1.29 is 42.9 Å². The number of aliphatic carboxylic acids is 1. The van der Waals surface area contributed by atoms with Gasteiger partial charge in [-0.25, -0.2) is 4.79 Å². The van der Waals surface area contributed by atoms with Crippen molar-refractivity contribution in [1.82, 2.24) is 0 Å². The number of carboxylic acids is 1. The van der Waals surface area contributed by atoms with Gasteiger partial charge in [0.15, 0.2) is 6.10 Å². The van der Waals surface area contributed by atoms with Crippen LogP contribution in [-0.4, -0.2) is 87.4 Å². The number of ether oxygens (including phenoxy) is 4. The van der Waals surface area contributed by atoms with E-state index in [1.807, 2.05) is 21.1 Å². The lowest BCUT2D eigenvalue weighted by Crippen LogP contribution is -2.40. The Morgan fingerprint density at radius 2 is 0.600 bits per heavy atom. The van der Waals surface area contributed by atoms with Crippen LogP contribution < -0.4 is 0 Å². The summed E-state index contributed by atoms with van der Waals surface area (Å²) in [5, 5.41) is 9.77. The maximum Gasteiger partial charge on any atom is 0.361 e. The topological polar surface area (TPSA) is 108 Å². The lowest BCUT2D eigenvalue weighted by Gasteiger charge is -2.25. The predicted octanol–water partition coefficient (Wildman–Crippen LogP) is 25.5. The van der Waals surface area contributed by atoms with Crippen LogP contribution in [0, 0.1) is 0 Å². The number of allylic oxidation sites excluding steroid dienone is 20. The van der Waals surface area contributed by atoms with Crippen molar-refractivity contribution >= 4 is 17.9 Å². The van der Waals surface area contributed by atoms with Crippen LogP contribution >= 0.6 is 0 Å². The highest BCUT2D eigenvalue weighted by molar-refractivity contribution is 5.71. The fourth-order valence-corrected chi connectivity index (χ4v) is 11.2. The van der Waals surface area contributed by atoms with E-state index >= 15 is 0 Å². The van der Waals surface area contributed by atoms with Gasteiger partial charge in [-0.05, 0) is 89.9 Å². The van der Waals surface area contributed by atoms with Gasteiger partial charge >= 0.3 is 17.9 Å². The molecule has 0 amide bonds. The molecule has 0 saturated carbocycles. The van der Waals surface area contributed by atoms with Crippen LogP contribution in [-0.2, 0) is 33.3 Å². The van der Waals surface area contributed by atoms with Gasteiger partial charge in [-0.3, -0.25) is 9.59 Å². The first-order valence-electron chi connectivity index (χ1n) is 39.7. The van der Waals surface area contributed by atoms with Gasteiger partial charge in [-0.15, -0.1) is 0 Å². The number of carbonyl (C=O) groups excluding carboxylic acids is 2. The fourth-order valence-electron chi connectivity index (χ4n) is 11.2. The Bertz CT molecular complexity index is 1980. The van der Waals surface area contributed by atoms with Gasteiger partial charge in [0.2, 0.25) is 0 Å². The molecule has 0 aromatic heterocycles. The van der Waals surface area contributed by atoms with Gasteiger partial charge in [0.25, 0.3) is 6.29 Å². The Kier molecular flexibility index (Phi) is 72.0. The molecule has 0 bridgehead atoms. The Morgan fingerprint density at radius 1 is 0.326 bits per heavy atom. The average Bonchev–Trinajstić information content (AvgIpc) is 2.92. The fraction of sp³-hybridized carbons (Fsp3) is 0.733. The average molecular weight is 1330 g/mol.